The van der Waals surface area contributed by atoms with E-state index in [0.717, 1.165) is 0 Å². The smallest absolute Gasteiger partial charge is 0.410 e. The first kappa shape index (κ1) is 16.9. The van der Waals surface area contributed by atoms with Gasteiger partial charge in [-0.25, -0.2) is 9.18 Å². The van der Waals surface area contributed by atoms with Crippen LogP contribution < -0.4 is 4.90 Å². The van der Waals surface area contributed by atoms with E-state index in [1.807, 2.05) is 0 Å². The largest absolute Gasteiger partial charge is 0.444 e. The summed E-state index contributed by atoms with van der Waals surface area (Å²) in [6.45, 7) is 5.14. The minimum absolute atomic E-state index is 0.122. The third-order valence-corrected chi connectivity index (χ3v) is 2.67. The number of carbonyl (C=O) groups is 2. The van der Waals surface area contributed by atoms with Crippen molar-refractivity contribution in [2.24, 2.45) is 0 Å². The number of rotatable bonds is 3. The number of nitrogens with zero attached hydrogens (tertiary/aromatic N) is 2. The summed E-state index contributed by atoms with van der Waals surface area (Å²) in [5, 5.41) is 0. The number of carbonyl (C=O) groups excluding carboxylic acids is 2. The molecule has 0 aliphatic carbocycles. The Hall–Kier alpha value is -2.11. The van der Waals surface area contributed by atoms with Crippen molar-refractivity contribution < 1.29 is 18.7 Å². The van der Waals surface area contributed by atoms with Gasteiger partial charge >= 0.3 is 6.09 Å². The predicted octanol–water partition coefficient (Wildman–Crippen LogP) is 2.66. The average molecular weight is 296 g/mol. The molecule has 0 spiro atoms. The molecule has 0 saturated carbocycles. The van der Waals surface area contributed by atoms with E-state index in [1.54, 1.807) is 27.8 Å². The van der Waals surface area contributed by atoms with E-state index >= 15 is 0 Å². The number of hydrogen-bond acceptors (Lipinski definition) is 3. The highest BCUT2D eigenvalue weighted by molar-refractivity contribution is 5.95. The first-order valence-electron chi connectivity index (χ1n) is 6.56. The summed E-state index contributed by atoms with van der Waals surface area (Å²) < 4.78 is 18.0. The van der Waals surface area contributed by atoms with Gasteiger partial charge < -0.3 is 14.5 Å². The Morgan fingerprint density at radius 3 is 2.14 bits per heavy atom. The lowest BCUT2D eigenvalue weighted by Crippen LogP contribution is -2.41. The Bertz CT molecular complexity index is 509. The number of anilines is 1. The quantitative estimate of drug-likeness (QED) is 0.861. The molecule has 2 amide bonds. The van der Waals surface area contributed by atoms with Gasteiger partial charge in [-0.15, -0.1) is 0 Å². The Kier molecular flexibility index (Phi) is 5.29. The van der Waals surface area contributed by atoms with Crippen LogP contribution in [0.25, 0.3) is 0 Å². The van der Waals surface area contributed by atoms with Gasteiger partial charge in [-0.3, -0.25) is 4.79 Å². The van der Waals surface area contributed by atoms with E-state index in [0.29, 0.717) is 5.69 Å². The number of amides is 2. The van der Waals surface area contributed by atoms with Crippen molar-refractivity contribution in [3.05, 3.63) is 30.1 Å². The molecule has 0 aromatic heterocycles. The van der Waals surface area contributed by atoms with Gasteiger partial charge in [-0.05, 0) is 45.0 Å². The van der Waals surface area contributed by atoms with E-state index < -0.39 is 11.7 Å². The zero-order valence-electron chi connectivity index (χ0n) is 13.0. The summed E-state index contributed by atoms with van der Waals surface area (Å²) in [4.78, 5) is 26.4. The second-order valence-corrected chi connectivity index (χ2v) is 5.77. The predicted molar refractivity (Wildman–Crippen MR) is 78.7 cm³/mol. The zero-order valence-corrected chi connectivity index (χ0v) is 13.0. The number of ether oxygens (including phenoxy) is 1. The number of likely N-dealkylation sites (N-methyl/N-ethyl adjacent to an activating group) is 2. The fourth-order valence-corrected chi connectivity index (χ4v) is 1.52. The fraction of sp³-hybridized carbons (Fsp3) is 0.467. The van der Waals surface area contributed by atoms with Crippen molar-refractivity contribution >= 4 is 17.7 Å². The van der Waals surface area contributed by atoms with Crippen LogP contribution in [0.1, 0.15) is 20.8 Å². The van der Waals surface area contributed by atoms with E-state index in [-0.39, 0.29) is 18.3 Å². The fourth-order valence-electron chi connectivity index (χ4n) is 1.52. The van der Waals surface area contributed by atoms with Gasteiger partial charge in [-0.1, -0.05) is 0 Å². The molecular formula is C15H21FN2O3. The molecule has 0 radical (unpaired) electrons. The Morgan fingerprint density at radius 2 is 1.67 bits per heavy atom. The SMILES string of the molecule is CN(CC(=O)N(C)c1ccc(F)cc1)C(=O)OC(C)(C)C. The topological polar surface area (TPSA) is 49.9 Å². The summed E-state index contributed by atoms with van der Waals surface area (Å²) >= 11 is 0. The second-order valence-electron chi connectivity index (χ2n) is 5.77. The highest BCUT2D eigenvalue weighted by Gasteiger charge is 2.22. The van der Waals surface area contributed by atoms with E-state index in [1.165, 1.54) is 41.1 Å². The van der Waals surface area contributed by atoms with E-state index in [2.05, 4.69) is 0 Å². The van der Waals surface area contributed by atoms with Crippen LogP contribution in [-0.4, -0.2) is 43.1 Å². The monoisotopic (exact) mass is 296 g/mol. The third kappa shape index (κ3) is 5.41. The molecule has 0 unspecified atom stereocenters. The van der Waals surface area contributed by atoms with Crippen LogP contribution in [0, 0.1) is 5.82 Å². The summed E-state index contributed by atoms with van der Waals surface area (Å²) in [5.74, 6) is -0.666. The average Bonchev–Trinajstić information content (AvgIpc) is 2.36. The lowest BCUT2D eigenvalue weighted by molar-refractivity contribution is -0.119. The van der Waals surface area contributed by atoms with Crippen LogP contribution in [0.2, 0.25) is 0 Å². The molecule has 0 fully saturated rings. The maximum absolute atomic E-state index is 12.9. The molecular weight excluding hydrogens is 275 g/mol. The first-order chi connectivity index (χ1) is 9.60. The lowest BCUT2D eigenvalue weighted by Gasteiger charge is -2.26. The Labute approximate surface area is 124 Å². The second kappa shape index (κ2) is 6.56. The first-order valence-corrected chi connectivity index (χ1v) is 6.56. The normalized spacial score (nSPS) is 11.0. The molecule has 0 aliphatic heterocycles. The minimum Gasteiger partial charge on any atom is -0.444 e. The van der Waals surface area contributed by atoms with Crippen LogP contribution in [-0.2, 0) is 9.53 Å². The minimum atomic E-state index is -0.614. The van der Waals surface area contributed by atoms with E-state index in [4.69, 9.17) is 4.74 Å². The van der Waals surface area contributed by atoms with Crippen molar-refractivity contribution in [2.45, 2.75) is 26.4 Å². The van der Waals surface area contributed by atoms with Gasteiger partial charge in [0.15, 0.2) is 0 Å². The molecule has 5 nitrogen and oxygen atoms in total. The van der Waals surface area contributed by atoms with Gasteiger partial charge in [0.05, 0.1) is 0 Å². The van der Waals surface area contributed by atoms with Crippen LogP contribution in [0.5, 0.6) is 0 Å². The van der Waals surface area contributed by atoms with Gasteiger partial charge in [0.25, 0.3) is 0 Å². The Balaban J connectivity index is 2.63. The highest BCUT2D eigenvalue weighted by atomic mass is 19.1. The highest BCUT2D eigenvalue weighted by Crippen LogP contribution is 2.14. The van der Waals surface area contributed by atoms with Crippen LogP contribution in [0.4, 0.5) is 14.9 Å². The third-order valence-electron chi connectivity index (χ3n) is 2.67. The van der Waals surface area contributed by atoms with E-state index in [9.17, 15) is 14.0 Å². The van der Waals surface area contributed by atoms with Gasteiger partial charge in [-0.2, -0.15) is 0 Å². The van der Waals surface area contributed by atoms with Crippen LogP contribution >= 0.6 is 0 Å². The van der Waals surface area contributed by atoms with Gasteiger partial charge in [0, 0.05) is 19.8 Å². The lowest BCUT2D eigenvalue weighted by atomic mass is 10.2. The van der Waals surface area contributed by atoms with Crippen molar-refractivity contribution in [2.75, 3.05) is 25.5 Å². The molecule has 116 valence electrons. The number of benzene rings is 1. The van der Waals surface area contributed by atoms with Crippen LogP contribution in [0.15, 0.2) is 24.3 Å². The molecule has 0 heterocycles. The molecule has 21 heavy (non-hydrogen) atoms. The number of hydrogen-bond donors (Lipinski definition) is 0. The van der Waals surface area contributed by atoms with Crippen molar-refractivity contribution in [1.29, 1.82) is 0 Å². The molecule has 0 atom stereocenters. The van der Waals surface area contributed by atoms with Crippen LogP contribution in [0.3, 0.4) is 0 Å². The molecule has 0 N–H and O–H groups in total. The molecule has 1 aromatic rings. The Morgan fingerprint density at radius 1 is 1.14 bits per heavy atom. The molecule has 1 rings (SSSR count). The van der Waals surface area contributed by atoms with Gasteiger partial charge in [0.2, 0.25) is 5.91 Å². The summed E-state index contributed by atoms with van der Waals surface area (Å²) in [6, 6.07) is 5.55. The molecule has 0 aliphatic rings. The van der Waals surface area contributed by atoms with Gasteiger partial charge in [0.1, 0.15) is 18.0 Å². The molecule has 0 bridgehead atoms. The zero-order chi connectivity index (χ0) is 16.2. The summed E-state index contributed by atoms with van der Waals surface area (Å²) in [6.07, 6.45) is -0.566. The summed E-state index contributed by atoms with van der Waals surface area (Å²) in [5.41, 5.74) is -0.0592. The molecule has 6 heteroatoms. The maximum Gasteiger partial charge on any atom is 0.410 e. The molecule has 0 saturated heterocycles. The standard InChI is InChI=1S/C15H21FN2O3/c1-15(2,3)21-14(20)17(4)10-13(19)18(5)12-8-6-11(16)7-9-12/h6-9H,10H2,1-5H3. The number of halogens is 1. The van der Waals surface area contributed by atoms with Crippen molar-refractivity contribution in [3.8, 4) is 0 Å². The maximum atomic E-state index is 12.9. The molecule has 1 aromatic carbocycles. The van der Waals surface area contributed by atoms with Crippen molar-refractivity contribution in [1.82, 2.24) is 4.90 Å². The summed E-state index contributed by atoms with van der Waals surface area (Å²) in [7, 11) is 3.06. The van der Waals surface area contributed by atoms with Crippen molar-refractivity contribution in [3.63, 3.8) is 0 Å².